The molecule has 1 aliphatic rings. The number of aromatic nitrogens is 1. The van der Waals surface area contributed by atoms with E-state index in [9.17, 15) is 0 Å². The Kier molecular flexibility index (Phi) is 3.92. The minimum Gasteiger partial charge on any atom is -0.371 e. The van der Waals surface area contributed by atoms with Crippen LogP contribution in [0.15, 0.2) is 0 Å². The van der Waals surface area contributed by atoms with Crippen molar-refractivity contribution in [2.45, 2.75) is 52.0 Å². The highest BCUT2D eigenvalue weighted by Gasteiger charge is 2.16. The maximum absolute atomic E-state index is 5.41. The summed E-state index contributed by atoms with van der Waals surface area (Å²) in [6, 6.07) is 0.575. The fraction of sp³-hybridized carbons (Fsp3) is 0.667. The number of nitrogens with zero attached hydrogens (tertiary/aromatic N) is 1. The molecule has 0 radical (unpaired) electrons. The molecule has 0 atom stereocenters. The third-order valence-electron chi connectivity index (χ3n) is 3.16. The van der Waals surface area contributed by atoms with Crippen LogP contribution in [0, 0.1) is 13.8 Å². The zero-order valence-corrected chi connectivity index (χ0v) is 11.5. The minimum atomic E-state index is 0.575. The molecule has 0 saturated heterocycles. The van der Waals surface area contributed by atoms with Crippen LogP contribution >= 0.6 is 23.6 Å². The Morgan fingerprint density at radius 1 is 1.31 bits per heavy atom. The minimum absolute atomic E-state index is 0.575. The van der Waals surface area contributed by atoms with Crippen molar-refractivity contribution >= 4 is 28.5 Å². The van der Waals surface area contributed by atoms with Gasteiger partial charge in [0.25, 0.3) is 0 Å². The van der Waals surface area contributed by atoms with Gasteiger partial charge in [0.15, 0.2) is 5.01 Å². The lowest BCUT2D eigenvalue weighted by Gasteiger charge is -2.23. The summed E-state index contributed by atoms with van der Waals surface area (Å²) >= 11 is 7.11. The van der Waals surface area contributed by atoms with E-state index in [0.717, 1.165) is 15.7 Å². The van der Waals surface area contributed by atoms with Gasteiger partial charge in [0.05, 0.1) is 5.69 Å². The molecule has 2 nitrogen and oxygen atoms in total. The van der Waals surface area contributed by atoms with Crippen LogP contribution in [0.3, 0.4) is 0 Å². The highest BCUT2D eigenvalue weighted by atomic mass is 32.1. The van der Waals surface area contributed by atoms with Gasteiger partial charge in [-0.1, -0.05) is 31.5 Å². The van der Waals surface area contributed by atoms with Gasteiger partial charge in [0, 0.05) is 10.9 Å². The van der Waals surface area contributed by atoms with Gasteiger partial charge in [0.2, 0.25) is 0 Å². The second-order valence-electron chi connectivity index (χ2n) is 4.47. The van der Waals surface area contributed by atoms with E-state index in [1.54, 1.807) is 11.3 Å². The Morgan fingerprint density at radius 2 is 2.00 bits per heavy atom. The summed E-state index contributed by atoms with van der Waals surface area (Å²) in [5.74, 6) is 0. The molecule has 1 N–H and O–H groups in total. The fourth-order valence-electron chi connectivity index (χ4n) is 2.06. The van der Waals surface area contributed by atoms with Gasteiger partial charge in [-0.05, 0) is 26.7 Å². The molecule has 88 valence electrons. The average molecular weight is 254 g/mol. The van der Waals surface area contributed by atoms with Crippen LogP contribution in [0.4, 0.5) is 0 Å². The molecule has 0 unspecified atom stereocenters. The molecule has 1 saturated carbocycles. The van der Waals surface area contributed by atoms with E-state index in [2.05, 4.69) is 17.2 Å². The molecule has 0 aliphatic heterocycles. The van der Waals surface area contributed by atoms with Crippen molar-refractivity contribution in [1.29, 1.82) is 0 Å². The first-order valence-corrected chi connectivity index (χ1v) is 7.14. The van der Waals surface area contributed by atoms with Crippen molar-refractivity contribution in [2.75, 3.05) is 0 Å². The summed E-state index contributed by atoms with van der Waals surface area (Å²) in [5, 5.41) is 4.44. The van der Waals surface area contributed by atoms with Gasteiger partial charge in [0.1, 0.15) is 4.99 Å². The quantitative estimate of drug-likeness (QED) is 0.819. The second-order valence-corrected chi connectivity index (χ2v) is 6.08. The van der Waals surface area contributed by atoms with Crippen molar-refractivity contribution in [3.05, 3.63) is 15.6 Å². The molecule has 1 aliphatic carbocycles. The van der Waals surface area contributed by atoms with Crippen molar-refractivity contribution in [2.24, 2.45) is 0 Å². The fourth-order valence-corrected chi connectivity index (χ4v) is 3.22. The van der Waals surface area contributed by atoms with Crippen LogP contribution in [0.5, 0.6) is 0 Å². The number of aryl methyl sites for hydroxylation is 2. The Morgan fingerprint density at radius 3 is 2.56 bits per heavy atom. The molecule has 1 fully saturated rings. The molecule has 0 amide bonds. The Labute approximate surface area is 106 Å². The molecule has 16 heavy (non-hydrogen) atoms. The number of nitrogens with one attached hydrogen (secondary N) is 1. The molecule has 0 aromatic carbocycles. The Hall–Kier alpha value is -0.480. The van der Waals surface area contributed by atoms with E-state index in [1.807, 2.05) is 6.92 Å². The van der Waals surface area contributed by atoms with Gasteiger partial charge in [-0.3, -0.25) is 0 Å². The topological polar surface area (TPSA) is 24.9 Å². The van der Waals surface area contributed by atoms with Gasteiger partial charge < -0.3 is 5.32 Å². The summed E-state index contributed by atoms with van der Waals surface area (Å²) in [5.41, 5.74) is 1.10. The molecular weight excluding hydrogens is 236 g/mol. The van der Waals surface area contributed by atoms with Crippen LogP contribution in [0.25, 0.3) is 0 Å². The van der Waals surface area contributed by atoms with Crippen LogP contribution in [-0.4, -0.2) is 16.0 Å². The third-order valence-corrected chi connectivity index (χ3v) is 4.69. The van der Waals surface area contributed by atoms with E-state index in [1.165, 1.54) is 37.0 Å². The number of hydrogen-bond donors (Lipinski definition) is 1. The van der Waals surface area contributed by atoms with E-state index >= 15 is 0 Å². The SMILES string of the molecule is Cc1nc(C(=S)NC2CCCCC2)sc1C. The maximum atomic E-state index is 5.41. The van der Waals surface area contributed by atoms with Gasteiger partial charge in [-0.25, -0.2) is 4.98 Å². The predicted octanol–water partition coefficient (Wildman–Crippen LogP) is 3.36. The number of thiazole rings is 1. The van der Waals surface area contributed by atoms with Crippen LogP contribution in [0.1, 0.15) is 47.7 Å². The Bertz CT molecular complexity index is 359. The molecule has 0 spiro atoms. The predicted molar refractivity (Wildman–Crippen MR) is 73.3 cm³/mol. The number of hydrogen-bond acceptors (Lipinski definition) is 3. The average Bonchev–Trinajstić information content (AvgIpc) is 2.61. The van der Waals surface area contributed by atoms with Crippen molar-refractivity contribution in [3.8, 4) is 0 Å². The lowest BCUT2D eigenvalue weighted by molar-refractivity contribution is 0.415. The lowest BCUT2D eigenvalue weighted by Crippen LogP contribution is -2.35. The first-order chi connectivity index (χ1) is 7.66. The third kappa shape index (κ3) is 2.80. The zero-order chi connectivity index (χ0) is 11.5. The lowest BCUT2D eigenvalue weighted by atomic mass is 9.95. The first-order valence-electron chi connectivity index (χ1n) is 5.91. The standard InChI is InChI=1S/C12H18N2S2/c1-8-9(2)16-12(13-8)11(15)14-10-6-4-3-5-7-10/h10H,3-7H2,1-2H3,(H,14,15). The van der Waals surface area contributed by atoms with E-state index in [-0.39, 0.29) is 0 Å². The number of thiocarbonyl (C=S) groups is 1. The van der Waals surface area contributed by atoms with Gasteiger partial charge in [-0.15, -0.1) is 11.3 Å². The maximum Gasteiger partial charge on any atom is 0.151 e. The zero-order valence-electron chi connectivity index (χ0n) is 9.88. The summed E-state index contributed by atoms with van der Waals surface area (Å²) in [6.45, 7) is 4.14. The monoisotopic (exact) mass is 254 g/mol. The highest BCUT2D eigenvalue weighted by Crippen LogP contribution is 2.20. The molecular formula is C12H18N2S2. The summed E-state index contributed by atoms with van der Waals surface area (Å²) in [7, 11) is 0. The van der Waals surface area contributed by atoms with Gasteiger partial charge in [-0.2, -0.15) is 0 Å². The number of rotatable bonds is 2. The molecule has 1 heterocycles. The molecule has 4 heteroatoms. The van der Waals surface area contributed by atoms with Gasteiger partial charge >= 0.3 is 0 Å². The van der Waals surface area contributed by atoms with Crippen LogP contribution in [-0.2, 0) is 0 Å². The smallest absolute Gasteiger partial charge is 0.151 e. The largest absolute Gasteiger partial charge is 0.371 e. The molecule has 0 bridgehead atoms. The van der Waals surface area contributed by atoms with E-state index in [0.29, 0.717) is 6.04 Å². The van der Waals surface area contributed by atoms with E-state index in [4.69, 9.17) is 12.2 Å². The first kappa shape index (κ1) is 12.0. The van der Waals surface area contributed by atoms with E-state index < -0.39 is 0 Å². The van der Waals surface area contributed by atoms with Crippen molar-refractivity contribution in [3.63, 3.8) is 0 Å². The van der Waals surface area contributed by atoms with Crippen LogP contribution < -0.4 is 5.32 Å². The second kappa shape index (κ2) is 5.23. The van der Waals surface area contributed by atoms with Crippen LogP contribution in [0.2, 0.25) is 0 Å². The highest BCUT2D eigenvalue weighted by molar-refractivity contribution is 7.81. The Balaban J connectivity index is 1.96. The summed E-state index contributed by atoms with van der Waals surface area (Å²) in [4.78, 5) is 6.60. The summed E-state index contributed by atoms with van der Waals surface area (Å²) in [6.07, 6.45) is 6.54. The molecule has 1 aromatic rings. The van der Waals surface area contributed by atoms with Crippen molar-refractivity contribution in [1.82, 2.24) is 10.3 Å². The summed E-state index contributed by atoms with van der Waals surface area (Å²) < 4.78 is 0. The normalized spacial score (nSPS) is 17.4. The molecule has 1 aromatic heterocycles. The molecule has 2 rings (SSSR count). The van der Waals surface area contributed by atoms with Crippen molar-refractivity contribution < 1.29 is 0 Å².